The molecule has 0 atom stereocenters. The van der Waals surface area contributed by atoms with Gasteiger partial charge in [0, 0.05) is 23.3 Å². The van der Waals surface area contributed by atoms with Crippen molar-refractivity contribution < 1.29 is 4.39 Å². The standard InChI is InChI=1S/C11H9ClFN/c12-6-8-5-11(14-7-8)9-3-1-2-4-10(9)13/h1-5,7,14H,6H2. The fourth-order valence-electron chi connectivity index (χ4n) is 1.35. The molecule has 0 unspecified atom stereocenters. The Labute approximate surface area is 86.5 Å². The van der Waals surface area contributed by atoms with Crippen LogP contribution in [0.15, 0.2) is 36.5 Å². The summed E-state index contributed by atoms with van der Waals surface area (Å²) < 4.78 is 13.3. The molecule has 2 rings (SSSR count). The van der Waals surface area contributed by atoms with Crippen LogP contribution in [0.3, 0.4) is 0 Å². The quantitative estimate of drug-likeness (QED) is 0.728. The van der Waals surface area contributed by atoms with E-state index in [1.807, 2.05) is 6.07 Å². The lowest BCUT2D eigenvalue weighted by Crippen LogP contribution is -1.82. The van der Waals surface area contributed by atoms with Gasteiger partial charge in [0.2, 0.25) is 0 Å². The number of aromatic nitrogens is 1. The highest BCUT2D eigenvalue weighted by atomic mass is 35.5. The first-order chi connectivity index (χ1) is 6.81. The topological polar surface area (TPSA) is 15.8 Å². The Kier molecular flexibility index (Phi) is 2.55. The number of aromatic amines is 1. The van der Waals surface area contributed by atoms with Gasteiger partial charge in [-0.1, -0.05) is 12.1 Å². The van der Waals surface area contributed by atoms with Crippen LogP contribution in [-0.4, -0.2) is 4.98 Å². The van der Waals surface area contributed by atoms with Crippen molar-refractivity contribution in [3.05, 3.63) is 47.9 Å². The third-order valence-corrected chi connectivity index (χ3v) is 2.37. The zero-order valence-electron chi connectivity index (χ0n) is 7.43. The zero-order valence-corrected chi connectivity index (χ0v) is 8.18. The summed E-state index contributed by atoms with van der Waals surface area (Å²) in [6.45, 7) is 0. The molecular weight excluding hydrogens is 201 g/mol. The molecule has 0 amide bonds. The van der Waals surface area contributed by atoms with E-state index in [-0.39, 0.29) is 5.82 Å². The number of H-pyrrole nitrogens is 1. The fraction of sp³-hybridized carbons (Fsp3) is 0.0909. The van der Waals surface area contributed by atoms with Gasteiger partial charge in [0.25, 0.3) is 0 Å². The Bertz CT molecular complexity index is 436. The molecule has 1 aromatic carbocycles. The van der Waals surface area contributed by atoms with Crippen LogP contribution in [0, 0.1) is 5.82 Å². The van der Waals surface area contributed by atoms with Gasteiger partial charge in [-0.2, -0.15) is 0 Å². The van der Waals surface area contributed by atoms with Gasteiger partial charge in [-0.05, 0) is 23.8 Å². The second kappa shape index (κ2) is 3.84. The molecule has 0 radical (unpaired) electrons. The molecule has 0 saturated carbocycles. The molecule has 1 heterocycles. The maximum absolute atomic E-state index is 13.3. The molecular formula is C11H9ClFN. The van der Waals surface area contributed by atoms with Crippen LogP contribution in [-0.2, 0) is 5.88 Å². The Morgan fingerprint density at radius 3 is 2.71 bits per heavy atom. The summed E-state index contributed by atoms with van der Waals surface area (Å²) in [5.74, 6) is 0.209. The number of halogens is 2. The van der Waals surface area contributed by atoms with E-state index in [0.717, 1.165) is 11.3 Å². The predicted octanol–water partition coefficient (Wildman–Crippen LogP) is 3.56. The Morgan fingerprint density at radius 2 is 2.07 bits per heavy atom. The summed E-state index contributed by atoms with van der Waals surface area (Å²) in [5.41, 5.74) is 2.30. The van der Waals surface area contributed by atoms with E-state index in [0.29, 0.717) is 11.4 Å². The van der Waals surface area contributed by atoms with Gasteiger partial charge in [-0.3, -0.25) is 0 Å². The van der Waals surface area contributed by atoms with E-state index in [4.69, 9.17) is 11.6 Å². The molecule has 0 fully saturated rings. The molecule has 0 aliphatic carbocycles. The molecule has 0 aliphatic rings. The van der Waals surface area contributed by atoms with E-state index >= 15 is 0 Å². The molecule has 0 bridgehead atoms. The van der Waals surface area contributed by atoms with Crippen LogP contribution < -0.4 is 0 Å². The normalized spacial score (nSPS) is 10.4. The van der Waals surface area contributed by atoms with E-state index in [1.54, 1.807) is 24.4 Å². The summed E-state index contributed by atoms with van der Waals surface area (Å²) in [6, 6.07) is 8.50. The molecule has 3 heteroatoms. The summed E-state index contributed by atoms with van der Waals surface area (Å²) in [4.78, 5) is 2.99. The Hall–Kier alpha value is -1.28. The lowest BCUT2D eigenvalue weighted by molar-refractivity contribution is 0.631. The van der Waals surface area contributed by atoms with Crippen molar-refractivity contribution in [1.82, 2.24) is 4.98 Å². The SMILES string of the molecule is Fc1ccccc1-c1cc(CCl)c[nH]1. The average Bonchev–Trinajstić information content (AvgIpc) is 2.67. The van der Waals surface area contributed by atoms with Gasteiger partial charge in [0.15, 0.2) is 0 Å². The number of hydrogen-bond donors (Lipinski definition) is 1. The van der Waals surface area contributed by atoms with Crippen molar-refractivity contribution in [1.29, 1.82) is 0 Å². The minimum absolute atomic E-state index is 0.226. The summed E-state index contributed by atoms with van der Waals surface area (Å²) >= 11 is 5.65. The minimum atomic E-state index is -0.226. The molecule has 0 aliphatic heterocycles. The smallest absolute Gasteiger partial charge is 0.132 e. The van der Waals surface area contributed by atoms with Crippen molar-refractivity contribution in [3.63, 3.8) is 0 Å². The first kappa shape index (κ1) is 9.28. The van der Waals surface area contributed by atoms with Crippen molar-refractivity contribution in [2.45, 2.75) is 5.88 Å². The zero-order chi connectivity index (χ0) is 9.97. The van der Waals surface area contributed by atoms with Gasteiger partial charge in [0.1, 0.15) is 5.82 Å². The fourth-order valence-corrected chi connectivity index (χ4v) is 1.51. The first-order valence-electron chi connectivity index (χ1n) is 4.29. The summed E-state index contributed by atoms with van der Waals surface area (Å²) in [7, 11) is 0. The van der Waals surface area contributed by atoms with Crippen molar-refractivity contribution in [2.75, 3.05) is 0 Å². The number of alkyl halides is 1. The van der Waals surface area contributed by atoms with Gasteiger partial charge >= 0.3 is 0 Å². The third kappa shape index (κ3) is 1.66. The van der Waals surface area contributed by atoms with Gasteiger partial charge < -0.3 is 4.98 Å². The molecule has 14 heavy (non-hydrogen) atoms. The van der Waals surface area contributed by atoms with E-state index < -0.39 is 0 Å². The Balaban J connectivity index is 2.44. The van der Waals surface area contributed by atoms with Crippen LogP contribution in [0.1, 0.15) is 5.56 Å². The van der Waals surface area contributed by atoms with E-state index in [9.17, 15) is 4.39 Å². The lowest BCUT2D eigenvalue weighted by Gasteiger charge is -1.98. The second-order valence-corrected chi connectivity index (χ2v) is 3.30. The first-order valence-corrected chi connectivity index (χ1v) is 4.83. The largest absolute Gasteiger partial charge is 0.361 e. The molecule has 1 N–H and O–H groups in total. The van der Waals surface area contributed by atoms with Gasteiger partial charge in [-0.25, -0.2) is 4.39 Å². The van der Waals surface area contributed by atoms with Crippen molar-refractivity contribution in [2.24, 2.45) is 0 Å². The molecule has 2 aromatic rings. The average molecular weight is 210 g/mol. The van der Waals surface area contributed by atoms with E-state index in [2.05, 4.69) is 4.98 Å². The van der Waals surface area contributed by atoms with Crippen molar-refractivity contribution >= 4 is 11.6 Å². The lowest BCUT2D eigenvalue weighted by atomic mass is 10.1. The molecule has 1 aromatic heterocycles. The maximum atomic E-state index is 13.3. The van der Waals surface area contributed by atoms with Crippen LogP contribution in [0.2, 0.25) is 0 Å². The highest BCUT2D eigenvalue weighted by molar-refractivity contribution is 6.17. The number of nitrogens with one attached hydrogen (secondary N) is 1. The maximum Gasteiger partial charge on any atom is 0.132 e. The minimum Gasteiger partial charge on any atom is -0.361 e. The Morgan fingerprint density at radius 1 is 1.29 bits per heavy atom. The van der Waals surface area contributed by atoms with Crippen LogP contribution in [0.5, 0.6) is 0 Å². The van der Waals surface area contributed by atoms with Crippen molar-refractivity contribution in [3.8, 4) is 11.3 Å². The van der Waals surface area contributed by atoms with Gasteiger partial charge in [0.05, 0.1) is 0 Å². The van der Waals surface area contributed by atoms with Crippen LogP contribution >= 0.6 is 11.6 Å². The number of rotatable bonds is 2. The second-order valence-electron chi connectivity index (χ2n) is 3.04. The van der Waals surface area contributed by atoms with Crippen LogP contribution in [0.4, 0.5) is 4.39 Å². The summed E-state index contributed by atoms with van der Waals surface area (Å²) in [6.07, 6.45) is 1.79. The molecule has 0 spiro atoms. The number of benzene rings is 1. The number of hydrogen-bond acceptors (Lipinski definition) is 0. The highest BCUT2D eigenvalue weighted by Gasteiger charge is 2.05. The monoisotopic (exact) mass is 209 g/mol. The van der Waals surface area contributed by atoms with Crippen LogP contribution in [0.25, 0.3) is 11.3 Å². The van der Waals surface area contributed by atoms with E-state index in [1.165, 1.54) is 6.07 Å². The molecule has 1 nitrogen and oxygen atoms in total. The highest BCUT2D eigenvalue weighted by Crippen LogP contribution is 2.22. The summed E-state index contributed by atoms with van der Waals surface area (Å²) in [5, 5.41) is 0. The molecule has 0 saturated heterocycles. The predicted molar refractivity (Wildman–Crippen MR) is 55.7 cm³/mol. The molecule has 72 valence electrons. The third-order valence-electron chi connectivity index (χ3n) is 2.06. The van der Waals surface area contributed by atoms with Gasteiger partial charge in [-0.15, -0.1) is 11.6 Å².